The SMILES string of the molecule is COc1ccc(Nc2ncnc3ccc(O[C@H]4CCN(C(=O)OC(C)(C)C)C4)nc23)c(F)c1Br. The number of nitrogens with zero attached hydrogens (tertiary/aromatic N) is 4. The van der Waals surface area contributed by atoms with E-state index in [1.807, 2.05) is 20.8 Å². The Balaban J connectivity index is 1.52. The number of fused-ring (bicyclic) bond motifs is 1. The summed E-state index contributed by atoms with van der Waals surface area (Å²) in [4.78, 5) is 26.9. The zero-order valence-corrected chi connectivity index (χ0v) is 20.8. The molecule has 2 aromatic heterocycles. The average molecular weight is 534 g/mol. The summed E-state index contributed by atoms with van der Waals surface area (Å²) in [7, 11) is 1.47. The minimum absolute atomic E-state index is 0.199. The maximum Gasteiger partial charge on any atom is 0.410 e. The Morgan fingerprint density at radius 2 is 2.03 bits per heavy atom. The number of nitrogens with one attached hydrogen (secondary N) is 1. The van der Waals surface area contributed by atoms with E-state index >= 15 is 0 Å². The topological polar surface area (TPSA) is 98.7 Å². The molecule has 1 N–H and O–H groups in total. The monoisotopic (exact) mass is 533 g/mol. The molecule has 0 unspecified atom stereocenters. The van der Waals surface area contributed by atoms with Crippen LogP contribution >= 0.6 is 15.9 Å². The largest absolute Gasteiger partial charge is 0.495 e. The number of ether oxygens (including phenoxy) is 3. The fraction of sp³-hybridized carbons (Fsp3) is 0.391. The van der Waals surface area contributed by atoms with Crippen LogP contribution in [0.5, 0.6) is 11.6 Å². The first-order valence-electron chi connectivity index (χ1n) is 10.7. The number of pyridine rings is 1. The van der Waals surface area contributed by atoms with Gasteiger partial charge in [-0.2, -0.15) is 0 Å². The molecule has 3 heterocycles. The third kappa shape index (κ3) is 5.30. The molecule has 1 saturated heterocycles. The molecule has 1 amide bonds. The predicted octanol–water partition coefficient (Wildman–Crippen LogP) is 5.07. The Morgan fingerprint density at radius 3 is 2.76 bits per heavy atom. The van der Waals surface area contributed by atoms with Crippen molar-refractivity contribution in [1.29, 1.82) is 0 Å². The zero-order chi connectivity index (χ0) is 24.5. The fourth-order valence-electron chi connectivity index (χ4n) is 3.48. The van der Waals surface area contributed by atoms with Gasteiger partial charge in [0.15, 0.2) is 11.6 Å². The summed E-state index contributed by atoms with van der Waals surface area (Å²) in [5.74, 6) is 0.541. The molecule has 11 heteroatoms. The Morgan fingerprint density at radius 1 is 1.24 bits per heavy atom. The number of carbonyl (C=O) groups excluding carboxylic acids is 1. The molecular formula is C23H25BrFN5O4. The van der Waals surface area contributed by atoms with Gasteiger partial charge < -0.3 is 24.4 Å². The summed E-state index contributed by atoms with van der Waals surface area (Å²) >= 11 is 3.20. The van der Waals surface area contributed by atoms with Crippen molar-refractivity contribution in [2.24, 2.45) is 0 Å². The van der Waals surface area contributed by atoms with Crippen LogP contribution in [-0.4, -0.2) is 57.8 Å². The second-order valence-electron chi connectivity index (χ2n) is 8.76. The average Bonchev–Trinajstić information content (AvgIpc) is 3.25. The van der Waals surface area contributed by atoms with Gasteiger partial charge in [-0.1, -0.05) is 0 Å². The van der Waals surface area contributed by atoms with Crippen LogP contribution in [0, 0.1) is 5.82 Å². The van der Waals surface area contributed by atoms with E-state index < -0.39 is 11.4 Å². The number of carbonyl (C=O) groups is 1. The third-order valence-electron chi connectivity index (χ3n) is 5.06. The van der Waals surface area contributed by atoms with Crippen molar-refractivity contribution in [2.45, 2.75) is 38.9 Å². The second kappa shape index (κ2) is 9.57. The molecule has 0 bridgehead atoms. The first-order valence-corrected chi connectivity index (χ1v) is 11.5. The minimum Gasteiger partial charge on any atom is -0.495 e. The van der Waals surface area contributed by atoms with Crippen LogP contribution in [-0.2, 0) is 4.74 Å². The fourth-order valence-corrected chi connectivity index (χ4v) is 3.99. The van der Waals surface area contributed by atoms with Gasteiger partial charge in [0, 0.05) is 19.0 Å². The summed E-state index contributed by atoms with van der Waals surface area (Å²) in [5, 5.41) is 2.97. The van der Waals surface area contributed by atoms with Gasteiger partial charge >= 0.3 is 6.09 Å². The van der Waals surface area contributed by atoms with Crippen molar-refractivity contribution in [3.63, 3.8) is 0 Å². The molecule has 1 fully saturated rings. The van der Waals surface area contributed by atoms with Crippen LogP contribution in [0.2, 0.25) is 0 Å². The summed E-state index contributed by atoms with van der Waals surface area (Å²) in [5.41, 5.74) is 0.635. The summed E-state index contributed by atoms with van der Waals surface area (Å²) in [6, 6.07) is 6.65. The maximum absolute atomic E-state index is 14.8. The Bertz CT molecular complexity index is 1220. The molecule has 1 aliphatic rings. The lowest BCUT2D eigenvalue weighted by Crippen LogP contribution is -2.36. The van der Waals surface area contributed by atoms with Crippen molar-refractivity contribution in [3.8, 4) is 11.6 Å². The van der Waals surface area contributed by atoms with E-state index in [-0.39, 0.29) is 22.4 Å². The van der Waals surface area contributed by atoms with Gasteiger partial charge in [-0.15, -0.1) is 0 Å². The quantitative estimate of drug-likeness (QED) is 0.485. The highest BCUT2D eigenvalue weighted by Crippen LogP contribution is 2.34. The highest BCUT2D eigenvalue weighted by atomic mass is 79.9. The van der Waals surface area contributed by atoms with E-state index in [9.17, 15) is 9.18 Å². The number of methoxy groups -OCH3 is 1. The molecule has 9 nitrogen and oxygen atoms in total. The lowest BCUT2D eigenvalue weighted by atomic mass is 10.2. The third-order valence-corrected chi connectivity index (χ3v) is 5.80. The van der Waals surface area contributed by atoms with E-state index in [2.05, 4.69) is 36.2 Å². The Hall–Kier alpha value is -3.21. The summed E-state index contributed by atoms with van der Waals surface area (Å²) < 4.78 is 31.6. The van der Waals surface area contributed by atoms with E-state index in [0.29, 0.717) is 48.0 Å². The number of hydrogen-bond donors (Lipinski definition) is 1. The van der Waals surface area contributed by atoms with Crippen LogP contribution in [0.3, 0.4) is 0 Å². The van der Waals surface area contributed by atoms with Gasteiger partial charge in [0.05, 0.1) is 29.3 Å². The van der Waals surface area contributed by atoms with Crippen molar-refractivity contribution in [1.82, 2.24) is 19.9 Å². The second-order valence-corrected chi connectivity index (χ2v) is 9.56. The predicted molar refractivity (Wildman–Crippen MR) is 128 cm³/mol. The van der Waals surface area contributed by atoms with Crippen LogP contribution in [0.15, 0.2) is 35.1 Å². The van der Waals surface area contributed by atoms with Gasteiger partial charge in [0.25, 0.3) is 0 Å². The number of hydrogen-bond acceptors (Lipinski definition) is 8. The van der Waals surface area contributed by atoms with Crippen molar-refractivity contribution in [3.05, 3.63) is 40.9 Å². The van der Waals surface area contributed by atoms with Crippen LogP contribution in [0.25, 0.3) is 11.0 Å². The van der Waals surface area contributed by atoms with Gasteiger partial charge in [-0.3, -0.25) is 0 Å². The van der Waals surface area contributed by atoms with Crippen LogP contribution in [0.4, 0.5) is 20.7 Å². The molecule has 34 heavy (non-hydrogen) atoms. The van der Waals surface area contributed by atoms with Gasteiger partial charge in [0.2, 0.25) is 5.88 Å². The van der Waals surface area contributed by atoms with Gasteiger partial charge in [0.1, 0.15) is 29.3 Å². The number of aromatic nitrogens is 3. The minimum atomic E-state index is -0.557. The standard InChI is InChI=1S/C23H25BrFN5O4/c1-23(2,3)34-22(31)30-10-9-13(11-30)33-17-8-6-15-20(29-17)21(27-12-26-15)28-14-5-7-16(32-4)18(24)19(14)25/h5-8,12-13H,9-11H2,1-4H3,(H,26,27,28)/t13-/m0/s1. The molecule has 1 aromatic carbocycles. The molecule has 0 aliphatic carbocycles. The van der Waals surface area contributed by atoms with Crippen molar-refractivity contribution >= 4 is 44.6 Å². The highest BCUT2D eigenvalue weighted by molar-refractivity contribution is 9.10. The van der Waals surface area contributed by atoms with E-state index in [4.69, 9.17) is 14.2 Å². The van der Waals surface area contributed by atoms with Crippen molar-refractivity contribution in [2.75, 3.05) is 25.5 Å². The first-order chi connectivity index (χ1) is 16.1. The molecule has 0 spiro atoms. The first kappa shape index (κ1) is 23.9. The lowest BCUT2D eigenvalue weighted by Gasteiger charge is -2.24. The number of anilines is 2. The van der Waals surface area contributed by atoms with Crippen LogP contribution in [0.1, 0.15) is 27.2 Å². The van der Waals surface area contributed by atoms with E-state index in [1.165, 1.54) is 13.4 Å². The molecule has 0 saturated carbocycles. The molecule has 1 aliphatic heterocycles. The normalized spacial score (nSPS) is 15.9. The van der Waals surface area contributed by atoms with E-state index in [1.54, 1.807) is 29.2 Å². The summed E-state index contributed by atoms with van der Waals surface area (Å²) in [6.45, 7) is 6.43. The molecular weight excluding hydrogens is 509 g/mol. The van der Waals surface area contributed by atoms with Gasteiger partial charge in [-0.25, -0.2) is 24.1 Å². The van der Waals surface area contributed by atoms with Gasteiger partial charge in [-0.05, 0) is 54.9 Å². The molecule has 1 atom stereocenters. The number of likely N-dealkylation sites (tertiary alicyclic amines) is 1. The van der Waals surface area contributed by atoms with E-state index in [0.717, 1.165) is 0 Å². The summed E-state index contributed by atoms with van der Waals surface area (Å²) in [6.07, 6.45) is 1.44. The highest BCUT2D eigenvalue weighted by Gasteiger charge is 2.31. The molecule has 3 aromatic rings. The number of rotatable bonds is 5. The smallest absolute Gasteiger partial charge is 0.410 e. The Kier molecular flexibility index (Phi) is 6.74. The zero-order valence-electron chi connectivity index (χ0n) is 19.3. The molecule has 0 radical (unpaired) electrons. The molecule has 4 rings (SSSR count). The maximum atomic E-state index is 14.8. The number of halogens is 2. The lowest BCUT2D eigenvalue weighted by molar-refractivity contribution is 0.0275. The number of benzene rings is 1. The molecule has 180 valence electrons. The Labute approximate surface area is 204 Å². The number of amides is 1. The van der Waals surface area contributed by atoms with Crippen molar-refractivity contribution < 1.29 is 23.4 Å². The van der Waals surface area contributed by atoms with Crippen LogP contribution < -0.4 is 14.8 Å².